The summed E-state index contributed by atoms with van der Waals surface area (Å²) in [6.07, 6.45) is 10.5. The van der Waals surface area contributed by atoms with Crippen LogP contribution in [0.5, 0.6) is 0 Å². The normalized spacial score (nSPS) is 47.5. The van der Waals surface area contributed by atoms with E-state index < -0.39 is 0 Å². The maximum absolute atomic E-state index is 3.72. The van der Waals surface area contributed by atoms with Crippen molar-refractivity contribution in [3.63, 3.8) is 0 Å². The molecule has 0 radical (unpaired) electrons. The number of nitrogens with one attached hydrogen (secondary N) is 1. The van der Waals surface area contributed by atoms with Crippen LogP contribution in [0.15, 0.2) is 0 Å². The van der Waals surface area contributed by atoms with E-state index in [9.17, 15) is 0 Å². The minimum Gasteiger partial charge on any atom is -0.311 e. The van der Waals surface area contributed by atoms with E-state index in [1.165, 1.54) is 32.1 Å². The fourth-order valence-corrected chi connectivity index (χ4v) is 3.40. The molecule has 1 heteroatoms. The molecule has 0 spiro atoms. The lowest BCUT2D eigenvalue weighted by Gasteiger charge is -2.39. The molecule has 1 N–H and O–H groups in total. The topological polar surface area (TPSA) is 12.0 Å². The van der Waals surface area contributed by atoms with E-state index in [2.05, 4.69) is 5.32 Å². The van der Waals surface area contributed by atoms with Crippen molar-refractivity contribution in [1.29, 1.82) is 0 Å². The molecule has 3 aliphatic rings. The standard InChI is InChI=1S/C11H19N/c1-2-8(3-1)9-6-10-4-5-11(7-9)12-10/h8-12H,1-7H2. The van der Waals surface area contributed by atoms with Gasteiger partial charge < -0.3 is 5.32 Å². The third kappa shape index (κ3) is 1.10. The summed E-state index contributed by atoms with van der Waals surface area (Å²) >= 11 is 0. The molecule has 0 amide bonds. The first-order valence-corrected chi connectivity index (χ1v) is 5.68. The molecular formula is C11H19N. The van der Waals surface area contributed by atoms with Crippen molar-refractivity contribution in [3.05, 3.63) is 0 Å². The Kier molecular flexibility index (Phi) is 1.68. The summed E-state index contributed by atoms with van der Waals surface area (Å²) in [5, 5.41) is 3.72. The third-order valence-electron chi connectivity index (χ3n) is 4.33. The largest absolute Gasteiger partial charge is 0.311 e. The number of hydrogen-bond acceptors (Lipinski definition) is 1. The molecule has 2 heterocycles. The molecule has 0 aromatic rings. The van der Waals surface area contributed by atoms with Gasteiger partial charge in [0.25, 0.3) is 0 Å². The average Bonchev–Trinajstić information content (AvgIpc) is 2.27. The van der Waals surface area contributed by atoms with E-state index in [4.69, 9.17) is 0 Å². The molecular weight excluding hydrogens is 146 g/mol. The van der Waals surface area contributed by atoms with Crippen molar-refractivity contribution in [1.82, 2.24) is 5.32 Å². The van der Waals surface area contributed by atoms with E-state index in [1.54, 1.807) is 12.8 Å². The summed E-state index contributed by atoms with van der Waals surface area (Å²) < 4.78 is 0. The van der Waals surface area contributed by atoms with Crippen molar-refractivity contribution in [2.75, 3.05) is 0 Å². The van der Waals surface area contributed by atoms with Crippen LogP contribution in [0.1, 0.15) is 44.9 Å². The quantitative estimate of drug-likeness (QED) is 0.628. The fourth-order valence-electron chi connectivity index (χ4n) is 3.40. The molecule has 2 unspecified atom stereocenters. The summed E-state index contributed by atoms with van der Waals surface area (Å²) in [6, 6.07) is 1.82. The van der Waals surface area contributed by atoms with Gasteiger partial charge in [0.1, 0.15) is 0 Å². The Labute approximate surface area is 74.9 Å². The van der Waals surface area contributed by atoms with Crippen LogP contribution in [0.3, 0.4) is 0 Å². The maximum atomic E-state index is 3.72. The first-order chi connectivity index (χ1) is 5.92. The lowest BCUT2D eigenvalue weighted by Crippen LogP contribution is -2.41. The van der Waals surface area contributed by atoms with Crippen LogP contribution in [0.4, 0.5) is 0 Å². The number of rotatable bonds is 1. The Morgan fingerprint density at radius 3 is 1.92 bits per heavy atom. The lowest BCUT2D eigenvalue weighted by molar-refractivity contribution is 0.145. The Bertz CT molecular complexity index is 162. The molecule has 1 saturated carbocycles. The van der Waals surface area contributed by atoms with Gasteiger partial charge in [-0.05, 0) is 37.5 Å². The number of fused-ring (bicyclic) bond motifs is 2. The molecule has 3 rings (SSSR count). The van der Waals surface area contributed by atoms with E-state index in [-0.39, 0.29) is 0 Å². The molecule has 2 bridgehead atoms. The summed E-state index contributed by atoms with van der Waals surface area (Å²) in [4.78, 5) is 0. The van der Waals surface area contributed by atoms with Crippen LogP contribution in [0.25, 0.3) is 0 Å². The minimum atomic E-state index is 0.911. The molecule has 68 valence electrons. The van der Waals surface area contributed by atoms with Crippen LogP contribution in [0.2, 0.25) is 0 Å². The van der Waals surface area contributed by atoms with Gasteiger partial charge in [-0.1, -0.05) is 19.3 Å². The van der Waals surface area contributed by atoms with Gasteiger partial charge >= 0.3 is 0 Å². The Hall–Kier alpha value is -0.0400. The van der Waals surface area contributed by atoms with Crippen molar-refractivity contribution >= 4 is 0 Å². The molecule has 3 fully saturated rings. The second-order valence-electron chi connectivity index (χ2n) is 5.06. The zero-order valence-electron chi connectivity index (χ0n) is 7.76. The average molecular weight is 165 g/mol. The SMILES string of the molecule is C1CC(C2CC3CCC(C2)N3)C1. The van der Waals surface area contributed by atoms with Crippen molar-refractivity contribution < 1.29 is 0 Å². The molecule has 0 aromatic carbocycles. The van der Waals surface area contributed by atoms with Gasteiger partial charge in [-0.25, -0.2) is 0 Å². The number of piperidine rings is 1. The van der Waals surface area contributed by atoms with Crippen LogP contribution >= 0.6 is 0 Å². The van der Waals surface area contributed by atoms with E-state index >= 15 is 0 Å². The van der Waals surface area contributed by atoms with E-state index in [0.717, 1.165) is 23.9 Å². The molecule has 2 saturated heterocycles. The van der Waals surface area contributed by atoms with Crippen LogP contribution < -0.4 is 5.32 Å². The highest BCUT2D eigenvalue weighted by molar-refractivity contribution is 4.95. The first kappa shape index (κ1) is 7.37. The lowest BCUT2D eigenvalue weighted by atomic mass is 9.71. The molecule has 12 heavy (non-hydrogen) atoms. The Balaban J connectivity index is 1.65. The first-order valence-electron chi connectivity index (χ1n) is 5.68. The smallest absolute Gasteiger partial charge is 0.00729 e. The van der Waals surface area contributed by atoms with Gasteiger partial charge in [0.05, 0.1) is 0 Å². The van der Waals surface area contributed by atoms with Gasteiger partial charge in [-0.15, -0.1) is 0 Å². The van der Waals surface area contributed by atoms with Gasteiger partial charge in [0, 0.05) is 12.1 Å². The third-order valence-corrected chi connectivity index (χ3v) is 4.33. The summed E-state index contributed by atoms with van der Waals surface area (Å²) in [5.74, 6) is 2.24. The highest BCUT2D eigenvalue weighted by Crippen LogP contribution is 2.42. The maximum Gasteiger partial charge on any atom is 0.00729 e. The fraction of sp³-hybridized carbons (Fsp3) is 1.00. The summed E-state index contributed by atoms with van der Waals surface area (Å²) in [7, 11) is 0. The highest BCUT2D eigenvalue weighted by atomic mass is 15.0. The van der Waals surface area contributed by atoms with Crippen LogP contribution in [0, 0.1) is 11.8 Å². The van der Waals surface area contributed by atoms with Gasteiger partial charge in [0.15, 0.2) is 0 Å². The van der Waals surface area contributed by atoms with Gasteiger partial charge in [-0.3, -0.25) is 0 Å². The van der Waals surface area contributed by atoms with E-state index in [1.807, 2.05) is 0 Å². The second-order valence-corrected chi connectivity index (χ2v) is 5.06. The van der Waals surface area contributed by atoms with Crippen LogP contribution in [-0.2, 0) is 0 Å². The van der Waals surface area contributed by atoms with Crippen molar-refractivity contribution in [2.24, 2.45) is 11.8 Å². The summed E-state index contributed by atoms with van der Waals surface area (Å²) in [6.45, 7) is 0. The molecule has 0 aromatic heterocycles. The van der Waals surface area contributed by atoms with Crippen LogP contribution in [-0.4, -0.2) is 12.1 Å². The van der Waals surface area contributed by atoms with E-state index in [0.29, 0.717) is 0 Å². The van der Waals surface area contributed by atoms with Gasteiger partial charge in [-0.2, -0.15) is 0 Å². The zero-order valence-corrected chi connectivity index (χ0v) is 7.76. The summed E-state index contributed by atoms with van der Waals surface area (Å²) in [5.41, 5.74) is 0. The second kappa shape index (κ2) is 2.73. The molecule has 1 nitrogen and oxygen atoms in total. The molecule has 2 aliphatic heterocycles. The molecule has 1 aliphatic carbocycles. The monoisotopic (exact) mass is 165 g/mol. The highest BCUT2D eigenvalue weighted by Gasteiger charge is 2.38. The van der Waals surface area contributed by atoms with Crippen molar-refractivity contribution in [2.45, 2.75) is 57.0 Å². The minimum absolute atomic E-state index is 0.911. The van der Waals surface area contributed by atoms with Gasteiger partial charge in [0.2, 0.25) is 0 Å². The molecule has 2 atom stereocenters. The Morgan fingerprint density at radius 1 is 0.750 bits per heavy atom. The Morgan fingerprint density at radius 2 is 1.42 bits per heavy atom. The van der Waals surface area contributed by atoms with Crippen molar-refractivity contribution in [3.8, 4) is 0 Å². The predicted octanol–water partition coefficient (Wildman–Crippen LogP) is 2.32. The predicted molar refractivity (Wildman–Crippen MR) is 50.0 cm³/mol. The number of hydrogen-bond donors (Lipinski definition) is 1. The zero-order chi connectivity index (χ0) is 7.97.